The van der Waals surface area contributed by atoms with E-state index in [1.165, 1.54) is 6.08 Å². The van der Waals surface area contributed by atoms with E-state index >= 15 is 0 Å². The second kappa shape index (κ2) is 2.76. The van der Waals surface area contributed by atoms with Gasteiger partial charge in [-0.2, -0.15) is 5.26 Å². The Kier molecular flexibility index (Phi) is 1.66. The van der Waals surface area contributed by atoms with Crippen molar-refractivity contribution in [2.45, 2.75) is 25.6 Å². The average molecular weight is 225 g/mol. The fourth-order valence-corrected chi connectivity index (χ4v) is 2.22. The van der Waals surface area contributed by atoms with Crippen molar-refractivity contribution in [3.05, 3.63) is 23.7 Å². The van der Waals surface area contributed by atoms with Gasteiger partial charge in [-0.1, -0.05) is 6.08 Å². The van der Waals surface area contributed by atoms with E-state index in [1.807, 2.05) is 0 Å². The molecule has 1 aliphatic heterocycles. The maximum atomic E-state index is 12.8. The Morgan fingerprint density at radius 2 is 2.12 bits per heavy atom. The van der Waals surface area contributed by atoms with Crippen LogP contribution in [0.5, 0.6) is 0 Å². The Morgan fingerprint density at radius 1 is 1.38 bits per heavy atom. The van der Waals surface area contributed by atoms with Crippen LogP contribution >= 0.6 is 0 Å². The van der Waals surface area contributed by atoms with Crippen molar-refractivity contribution in [1.82, 2.24) is 0 Å². The lowest BCUT2D eigenvalue weighted by molar-refractivity contribution is -0.336. The van der Waals surface area contributed by atoms with Crippen LogP contribution in [0.2, 0.25) is 0 Å². The highest BCUT2D eigenvalue weighted by molar-refractivity contribution is 5.30. The largest absolute Gasteiger partial charge is 0.585 e. The zero-order valence-corrected chi connectivity index (χ0v) is 8.37. The molecule has 0 aromatic rings. The average Bonchev–Trinajstić information content (AvgIpc) is 2.95. The van der Waals surface area contributed by atoms with E-state index in [0.29, 0.717) is 6.42 Å². The number of hydrogen-bond donors (Lipinski definition) is 0. The molecule has 0 spiro atoms. The molecule has 1 heterocycles. The lowest BCUT2D eigenvalue weighted by atomic mass is 9.84. The highest BCUT2D eigenvalue weighted by Gasteiger charge is 2.53. The first kappa shape index (κ1) is 9.64. The van der Waals surface area contributed by atoms with Crippen LogP contribution in [0.25, 0.3) is 0 Å². The Hall–Kier alpha value is -1.57. The first-order valence-corrected chi connectivity index (χ1v) is 5.13. The van der Waals surface area contributed by atoms with E-state index in [0.717, 1.165) is 12.8 Å². The molecule has 1 saturated carbocycles. The molecule has 0 aromatic carbocycles. The summed E-state index contributed by atoms with van der Waals surface area (Å²) in [7, 11) is 0. The quantitative estimate of drug-likeness (QED) is 0.689. The maximum absolute atomic E-state index is 12.8. The summed E-state index contributed by atoms with van der Waals surface area (Å²) in [4.78, 5) is 0. The first-order valence-electron chi connectivity index (χ1n) is 5.13. The number of hydrogen-bond acceptors (Lipinski definition) is 3. The Bertz CT molecular complexity index is 443. The molecule has 0 saturated heterocycles. The van der Waals surface area contributed by atoms with Crippen molar-refractivity contribution in [2.75, 3.05) is 0 Å². The Morgan fingerprint density at radius 3 is 2.75 bits per heavy atom. The van der Waals surface area contributed by atoms with Crippen LogP contribution in [0, 0.1) is 22.7 Å². The first-order chi connectivity index (χ1) is 7.55. The van der Waals surface area contributed by atoms with Crippen LogP contribution in [0.15, 0.2) is 23.7 Å². The van der Waals surface area contributed by atoms with Crippen molar-refractivity contribution in [1.29, 1.82) is 5.26 Å². The fraction of sp³-hybridized carbons (Fsp3) is 0.545. The van der Waals surface area contributed by atoms with Gasteiger partial charge in [0.25, 0.3) is 0 Å². The van der Waals surface area contributed by atoms with E-state index < -0.39 is 6.29 Å². The van der Waals surface area contributed by atoms with Gasteiger partial charge in [0.15, 0.2) is 5.76 Å². The summed E-state index contributed by atoms with van der Waals surface area (Å²) >= 11 is 0. The van der Waals surface area contributed by atoms with Crippen molar-refractivity contribution < 1.29 is 18.3 Å². The summed E-state index contributed by atoms with van der Waals surface area (Å²) in [6.45, 7) is 0. The molecule has 1 fully saturated rings. The van der Waals surface area contributed by atoms with Crippen LogP contribution in [0.1, 0.15) is 19.3 Å². The van der Waals surface area contributed by atoms with Crippen molar-refractivity contribution in [2.24, 2.45) is 11.3 Å². The normalized spacial score (nSPS) is 32.4. The minimum Gasteiger partial charge on any atom is -0.400 e. The zero-order chi connectivity index (χ0) is 11.4. The monoisotopic (exact) mass is 225 g/mol. The van der Waals surface area contributed by atoms with Crippen LogP contribution in [0.4, 0.5) is 8.78 Å². The summed E-state index contributed by atoms with van der Waals surface area (Å²) in [5, 5.41) is 9.03. The molecular formula is C11H9F2NO2. The van der Waals surface area contributed by atoms with Crippen molar-refractivity contribution in [3.63, 3.8) is 0 Å². The van der Waals surface area contributed by atoms with E-state index in [4.69, 9.17) is 5.26 Å². The standard InChI is InChI=1S/C11H9F2NO2/c12-11(13)15-8-2-1-7(5-9(8)16-11)10(6-14)3-4-10/h1-2,7H,3-5H2. The second-order valence-electron chi connectivity index (χ2n) is 4.39. The topological polar surface area (TPSA) is 42.2 Å². The Labute approximate surface area is 90.9 Å². The molecular weight excluding hydrogens is 216 g/mol. The lowest BCUT2D eigenvalue weighted by Crippen LogP contribution is -2.18. The van der Waals surface area contributed by atoms with Gasteiger partial charge in [-0.15, -0.1) is 8.78 Å². The van der Waals surface area contributed by atoms with Gasteiger partial charge in [0.1, 0.15) is 5.76 Å². The molecule has 0 radical (unpaired) electrons. The third kappa shape index (κ3) is 1.29. The van der Waals surface area contributed by atoms with Gasteiger partial charge in [-0.3, -0.25) is 0 Å². The Balaban J connectivity index is 1.80. The summed E-state index contributed by atoms with van der Waals surface area (Å²) in [6.07, 6.45) is 1.71. The predicted octanol–water partition coefficient (Wildman–Crippen LogP) is 2.67. The fourth-order valence-electron chi connectivity index (χ4n) is 2.22. The summed E-state index contributed by atoms with van der Waals surface area (Å²) in [6, 6.07) is 2.27. The molecule has 84 valence electrons. The van der Waals surface area contributed by atoms with Gasteiger partial charge in [-0.05, 0) is 18.9 Å². The molecule has 0 amide bonds. The minimum absolute atomic E-state index is 0.0336. The van der Waals surface area contributed by atoms with Gasteiger partial charge < -0.3 is 9.47 Å². The predicted molar refractivity (Wildman–Crippen MR) is 48.7 cm³/mol. The number of rotatable bonds is 1. The SMILES string of the molecule is N#CC1(C2C=CC3=C(C2)OC(F)(F)O3)CC1. The van der Waals surface area contributed by atoms with Gasteiger partial charge in [0.05, 0.1) is 11.5 Å². The molecule has 1 unspecified atom stereocenters. The smallest absolute Gasteiger partial charge is 0.400 e. The molecule has 0 bridgehead atoms. The molecule has 0 N–H and O–H groups in total. The molecule has 16 heavy (non-hydrogen) atoms. The van der Waals surface area contributed by atoms with Gasteiger partial charge in [-0.25, -0.2) is 0 Å². The molecule has 1 atom stereocenters. The van der Waals surface area contributed by atoms with E-state index in [2.05, 4.69) is 15.5 Å². The van der Waals surface area contributed by atoms with Crippen LogP contribution in [0.3, 0.4) is 0 Å². The summed E-state index contributed by atoms with van der Waals surface area (Å²) in [5.74, 6) is 0.225. The van der Waals surface area contributed by atoms with Crippen molar-refractivity contribution >= 4 is 0 Å². The summed E-state index contributed by atoms with van der Waals surface area (Å²) < 4.78 is 34.3. The van der Waals surface area contributed by atoms with Gasteiger partial charge in [0.2, 0.25) is 0 Å². The van der Waals surface area contributed by atoms with Gasteiger partial charge >= 0.3 is 6.29 Å². The third-order valence-corrected chi connectivity index (χ3v) is 3.35. The number of ether oxygens (including phenoxy) is 2. The van der Waals surface area contributed by atoms with E-state index in [9.17, 15) is 8.78 Å². The van der Waals surface area contributed by atoms with E-state index in [-0.39, 0.29) is 22.9 Å². The molecule has 2 aliphatic carbocycles. The number of halogens is 2. The zero-order valence-electron chi connectivity index (χ0n) is 8.37. The molecule has 3 aliphatic rings. The second-order valence-corrected chi connectivity index (χ2v) is 4.39. The van der Waals surface area contributed by atoms with Gasteiger partial charge in [0, 0.05) is 12.3 Å². The molecule has 3 nitrogen and oxygen atoms in total. The van der Waals surface area contributed by atoms with Crippen LogP contribution < -0.4 is 0 Å². The third-order valence-electron chi connectivity index (χ3n) is 3.35. The number of nitrogens with zero attached hydrogens (tertiary/aromatic N) is 1. The highest BCUT2D eigenvalue weighted by Crippen LogP contribution is 2.56. The molecule has 5 heteroatoms. The highest BCUT2D eigenvalue weighted by atomic mass is 19.3. The number of nitriles is 1. The van der Waals surface area contributed by atoms with E-state index in [1.54, 1.807) is 6.08 Å². The minimum atomic E-state index is -3.55. The summed E-state index contributed by atoms with van der Waals surface area (Å²) in [5.41, 5.74) is -0.365. The number of alkyl halides is 2. The number of allylic oxidation sites excluding steroid dienone is 3. The lowest BCUT2D eigenvalue weighted by Gasteiger charge is -2.19. The van der Waals surface area contributed by atoms with Crippen LogP contribution in [-0.2, 0) is 9.47 Å². The maximum Gasteiger partial charge on any atom is 0.585 e. The van der Waals surface area contributed by atoms with Crippen molar-refractivity contribution in [3.8, 4) is 6.07 Å². The van der Waals surface area contributed by atoms with Crippen LogP contribution in [-0.4, -0.2) is 6.29 Å². The molecule has 0 aromatic heterocycles. The molecule has 3 rings (SSSR count).